The van der Waals surface area contributed by atoms with E-state index in [0.29, 0.717) is 17.9 Å². The van der Waals surface area contributed by atoms with Crippen LogP contribution in [-0.2, 0) is 4.74 Å². The molecule has 0 bridgehead atoms. The minimum atomic E-state index is -1.36. The van der Waals surface area contributed by atoms with Crippen molar-refractivity contribution in [2.24, 2.45) is 5.10 Å². The molecule has 3 aromatic rings. The van der Waals surface area contributed by atoms with Gasteiger partial charge in [0.2, 0.25) is 5.95 Å². The van der Waals surface area contributed by atoms with Gasteiger partial charge in [0.1, 0.15) is 24.6 Å². The maximum Gasteiger partial charge on any atom is 0.228 e. The van der Waals surface area contributed by atoms with Gasteiger partial charge in [-0.1, -0.05) is 0 Å². The molecular formula is C19H23N7O6. The van der Waals surface area contributed by atoms with Crippen LogP contribution in [0.3, 0.4) is 0 Å². The van der Waals surface area contributed by atoms with Gasteiger partial charge < -0.3 is 35.6 Å². The summed E-state index contributed by atoms with van der Waals surface area (Å²) in [5, 5.41) is 44.0. The molecule has 32 heavy (non-hydrogen) atoms. The number of imidazole rings is 1. The number of nitrogens with two attached hydrogens (primary N) is 1. The van der Waals surface area contributed by atoms with Crippen LogP contribution in [0.4, 0.5) is 11.8 Å². The van der Waals surface area contributed by atoms with Gasteiger partial charge in [0.05, 0.1) is 19.4 Å². The van der Waals surface area contributed by atoms with E-state index in [2.05, 4.69) is 25.5 Å². The lowest BCUT2D eigenvalue weighted by Crippen LogP contribution is -2.33. The zero-order valence-electron chi connectivity index (χ0n) is 17.0. The lowest BCUT2D eigenvalue weighted by molar-refractivity contribution is -0.0501. The molecule has 0 spiro atoms. The fourth-order valence-electron chi connectivity index (χ4n) is 3.39. The highest BCUT2D eigenvalue weighted by atomic mass is 16.6. The van der Waals surface area contributed by atoms with Gasteiger partial charge in [0.15, 0.2) is 34.7 Å². The standard InChI is InChI=1S/C19H23N7O6/c1-2-31-11-5-9(3-4-10(11)28)6-23-25-19-24-13-16(20)21-8-22-17(13)26(19)18-15(30)14(29)12(7-27)32-18/h3-6,8,12,14-15,18,27-30H,2,7H2,1H3,(H,24,25)(H2,20,21,22)/b23-6+. The number of ether oxygens (including phenoxy) is 2. The van der Waals surface area contributed by atoms with Crippen molar-refractivity contribution in [2.45, 2.75) is 31.5 Å². The van der Waals surface area contributed by atoms with Gasteiger partial charge in [-0.15, -0.1) is 0 Å². The predicted molar refractivity (Wildman–Crippen MR) is 113 cm³/mol. The van der Waals surface area contributed by atoms with Crippen LogP contribution in [0.5, 0.6) is 11.5 Å². The third-order valence-corrected chi connectivity index (χ3v) is 4.94. The van der Waals surface area contributed by atoms with Gasteiger partial charge >= 0.3 is 0 Å². The Bertz CT molecular complexity index is 1140. The predicted octanol–water partition coefficient (Wildman–Crippen LogP) is -0.430. The molecule has 1 aromatic carbocycles. The van der Waals surface area contributed by atoms with Crippen molar-refractivity contribution >= 4 is 29.1 Å². The molecule has 1 saturated heterocycles. The Kier molecular flexibility index (Phi) is 6.05. The summed E-state index contributed by atoms with van der Waals surface area (Å²) < 4.78 is 12.4. The van der Waals surface area contributed by atoms with Crippen molar-refractivity contribution in [3.63, 3.8) is 0 Å². The number of aliphatic hydroxyl groups excluding tert-OH is 3. The van der Waals surface area contributed by atoms with Crippen molar-refractivity contribution < 1.29 is 29.9 Å². The van der Waals surface area contributed by atoms with Crippen LogP contribution in [0.2, 0.25) is 0 Å². The molecule has 13 nitrogen and oxygen atoms in total. The quantitative estimate of drug-likeness (QED) is 0.204. The van der Waals surface area contributed by atoms with E-state index in [4.69, 9.17) is 15.2 Å². The Morgan fingerprint density at radius 3 is 2.84 bits per heavy atom. The average molecular weight is 445 g/mol. The minimum Gasteiger partial charge on any atom is -0.504 e. The van der Waals surface area contributed by atoms with E-state index in [1.807, 2.05) is 0 Å². The number of nitrogens with one attached hydrogen (secondary N) is 1. The number of aliphatic hydroxyl groups is 3. The molecule has 4 unspecified atom stereocenters. The molecular weight excluding hydrogens is 422 g/mol. The van der Waals surface area contributed by atoms with Crippen molar-refractivity contribution in [3.8, 4) is 11.5 Å². The molecule has 4 rings (SSSR count). The summed E-state index contributed by atoms with van der Waals surface area (Å²) >= 11 is 0. The molecule has 4 atom stereocenters. The number of aromatic nitrogens is 4. The summed E-state index contributed by atoms with van der Waals surface area (Å²) in [4.78, 5) is 12.4. The third kappa shape index (κ3) is 3.89. The monoisotopic (exact) mass is 445 g/mol. The summed E-state index contributed by atoms with van der Waals surface area (Å²) in [6, 6.07) is 4.74. The SMILES string of the molecule is CCOc1cc(/C=N/Nc2nc3c(N)ncnc3n2C2OC(CO)C(O)C2O)ccc1O. The maximum absolute atomic E-state index is 10.5. The van der Waals surface area contributed by atoms with Gasteiger partial charge in [-0.25, -0.2) is 20.4 Å². The molecule has 0 saturated carbocycles. The van der Waals surface area contributed by atoms with Crippen LogP contribution in [0, 0.1) is 0 Å². The van der Waals surface area contributed by atoms with E-state index >= 15 is 0 Å². The number of nitrogens with zero attached hydrogens (tertiary/aromatic N) is 5. The first-order chi connectivity index (χ1) is 15.4. The van der Waals surface area contributed by atoms with E-state index < -0.39 is 31.1 Å². The van der Waals surface area contributed by atoms with E-state index in [9.17, 15) is 20.4 Å². The largest absolute Gasteiger partial charge is 0.504 e. The van der Waals surface area contributed by atoms with Crippen molar-refractivity contribution in [2.75, 3.05) is 24.4 Å². The second-order valence-corrected chi connectivity index (χ2v) is 7.00. The van der Waals surface area contributed by atoms with Gasteiger partial charge in [-0.05, 0) is 30.7 Å². The van der Waals surface area contributed by atoms with Crippen LogP contribution >= 0.6 is 0 Å². The average Bonchev–Trinajstić information content (AvgIpc) is 3.28. The van der Waals surface area contributed by atoms with Crippen molar-refractivity contribution in [1.29, 1.82) is 0 Å². The molecule has 170 valence electrons. The fourth-order valence-corrected chi connectivity index (χ4v) is 3.39. The highest BCUT2D eigenvalue weighted by Gasteiger charge is 2.45. The smallest absolute Gasteiger partial charge is 0.228 e. The molecule has 2 aromatic heterocycles. The molecule has 7 N–H and O–H groups in total. The lowest BCUT2D eigenvalue weighted by atomic mass is 10.1. The van der Waals surface area contributed by atoms with Gasteiger partial charge in [-0.2, -0.15) is 5.10 Å². The van der Waals surface area contributed by atoms with Crippen LogP contribution in [0.15, 0.2) is 29.6 Å². The van der Waals surface area contributed by atoms with Gasteiger partial charge in [-0.3, -0.25) is 4.57 Å². The first-order valence-corrected chi connectivity index (χ1v) is 9.80. The first-order valence-electron chi connectivity index (χ1n) is 9.80. The second-order valence-electron chi connectivity index (χ2n) is 7.00. The topological polar surface area (TPSA) is 193 Å². The van der Waals surface area contributed by atoms with E-state index in [1.54, 1.807) is 19.1 Å². The lowest BCUT2D eigenvalue weighted by Gasteiger charge is -2.18. The van der Waals surface area contributed by atoms with Crippen LogP contribution in [0.25, 0.3) is 11.2 Å². The second kappa shape index (κ2) is 8.92. The molecule has 13 heteroatoms. The summed E-state index contributed by atoms with van der Waals surface area (Å²) in [5.74, 6) is 0.546. The van der Waals surface area contributed by atoms with Crippen LogP contribution < -0.4 is 15.9 Å². The minimum absolute atomic E-state index is 0.0113. The van der Waals surface area contributed by atoms with E-state index in [0.717, 1.165) is 0 Å². The van der Waals surface area contributed by atoms with Gasteiger partial charge in [0, 0.05) is 0 Å². The molecule has 0 amide bonds. The van der Waals surface area contributed by atoms with E-state index in [1.165, 1.54) is 23.2 Å². The number of hydrazone groups is 1. The molecule has 0 radical (unpaired) electrons. The summed E-state index contributed by atoms with van der Waals surface area (Å²) in [5.41, 5.74) is 9.78. The van der Waals surface area contributed by atoms with Crippen LogP contribution in [-0.4, -0.2) is 77.7 Å². The highest BCUT2D eigenvalue weighted by molar-refractivity contribution is 5.85. The van der Waals surface area contributed by atoms with Crippen molar-refractivity contribution in [1.82, 2.24) is 19.5 Å². The Labute approximate surface area is 181 Å². The van der Waals surface area contributed by atoms with Crippen molar-refractivity contribution in [3.05, 3.63) is 30.1 Å². The molecule has 1 aliphatic heterocycles. The number of hydrogen-bond donors (Lipinski definition) is 6. The number of aromatic hydroxyl groups is 1. The summed E-state index contributed by atoms with van der Waals surface area (Å²) in [6.45, 7) is 1.71. The molecule has 0 aliphatic carbocycles. The highest BCUT2D eigenvalue weighted by Crippen LogP contribution is 2.35. The molecule has 3 heterocycles. The number of phenols is 1. The van der Waals surface area contributed by atoms with E-state index in [-0.39, 0.29) is 28.7 Å². The number of hydrogen-bond acceptors (Lipinski definition) is 12. The number of phenolic OH excluding ortho intramolecular Hbond substituents is 1. The molecule has 1 fully saturated rings. The zero-order chi connectivity index (χ0) is 22.8. The number of rotatable bonds is 7. The zero-order valence-corrected chi connectivity index (χ0v) is 17.0. The Morgan fingerprint density at radius 2 is 2.12 bits per heavy atom. The maximum atomic E-state index is 10.5. The summed E-state index contributed by atoms with van der Waals surface area (Å²) in [6.07, 6.45) is -2.08. The first kappa shape index (κ1) is 21.7. The Morgan fingerprint density at radius 1 is 1.31 bits per heavy atom. The number of anilines is 2. The Hall–Kier alpha value is -3.52. The third-order valence-electron chi connectivity index (χ3n) is 4.94. The fraction of sp³-hybridized carbons (Fsp3) is 0.368. The normalized spacial score (nSPS) is 23.2. The molecule has 1 aliphatic rings. The Balaban J connectivity index is 1.67. The number of nitrogen functional groups attached to an aromatic ring is 1. The summed E-state index contributed by atoms with van der Waals surface area (Å²) in [7, 11) is 0. The number of benzene rings is 1. The number of fused-ring (bicyclic) bond motifs is 1. The van der Waals surface area contributed by atoms with Gasteiger partial charge in [0.25, 0.3) is 0 Å². The van der Waals surface area contributed by atoms with Crippen LogP contribution in [0.1, 0.15) is 18.7 Å².